The number of fused-ring (bicyclic) bond motifs is 6. The van der Waals surface area contributed by atoms with Crippen LogP contribution in [0.25, 0.3) is 0 Å². The van der Waals surface area contributed by atoms with E-state index in [1.165, 1.54) is 38.5 Å². The average molecular weight is 192 g/mol. The summed E-state index contributed by atoms with van der Waals surface area (Å²) < 4.78 is 0. The molecule has 2 saturated carbocycles. The van der Waals surface area contributed by atoms with E-state index < -0.39 is 0 Å². The molecule has 2 heteroatoms. The minimum Gasteiger partial charge on any atom is -0.327 e. The van der Waals surface area contributed by atoms with Gasteiger partial charge in [0.05, 0.1) is 0 Å². The Labute approximate surface area is 85.6 Å². The normalized spacial score (nSPS) is 64.5. The molecule has 4 rings (SSSR count). The maximum absolute atomic E-state index is 6.51. The van der Waals surface area contributed by atoms with E-state index in [4.69, 9.17) is 5.73 Å². The number of nitrogens with two attached hydrogens (primary N) is 1. The molecule has 2 nitrogen and oxygen atoms in total. The van der Waals surface area contributed by atoms with E-state index in [9.17, 15) is 0 Å². The summed E-state index contributed by atoms with van der Waals surface area (Å²) in [5.41, 5.74) is 7.05. The molecule has 4 aliphatic rings. The van der Waals surface area contributed by atoms with Crippen LogP contribution in [0.3, 0.4) is 0 Å². The second-order valence-corrected chi connectivity index (χ2v) is 6.11. The van der Waals surface area contributed by atoms with E-state index >= 15 is 0 Å². The lowest BCUT2D eigenvalue weighted by Crippen LogP contribution is -2.53. The Morgan fingerprint density at radius 3 is 2.64 bits per heavy atom. The molecular formula is C12H20N2. The van der Waals surface area contributed by atoms with Crippen molar-refractivity contribution in [1.29, 1.82) is 0 Å². The molecule has 1 spiro atoms. The molecule has 0 aromatic heterocycles. The van der Waals surface area contributed by atoms with Gasteiger partial charge in [0.2, 0.25) is 0 Å². The molecule has 4 fully saturated rings. The van der Waals surface area contributed by atoms with Gasteiger partial charge in [0.15, 0.2) is 0 Å². The van der Waals surface area contributed by atoms with Crippen LogP contribution in [0.1, 0.15) is 38.5 Å². The predicted molar refractivity (Wildman–Crippen MR) is 55.8 cm³/mol. The van der Waals surface area contributed by atoms with Crippen LogP contribution in [-0.4, -0.2) is 18.1 Å². The van der Waals surface area contributed by atoms with Crippen LogP contribution >= 0.6 is 0 Å². The van der Waals surface area contributed by atoms with Crippen LogP contribution in [0.15, 0.2) is 0 Å². The van der Waals surface area contributed by atoms with Crippen molar-refractivity contribution in [3.8, 4) is 0 Å². The molecule has 2 heterocycles. The Bertz CT molecular complexity index is 266. The fourth-order valence-corrected chi connectivity index (χ4v) is 5.33. The van der Waals surface area contributed by atoms with Gasteiger partial charge in [0.1, 0.15) is 0 Å². The maximum Gasteiger partial charge on any atom is 0.0145 e. The van der Waals surface area contributed by atoms with Gasteiger partial charge in [-0.3, -0.25) is 0 Å². The summed E-state index contributed by atoms with van der Waals surface area (Å²) in [6.45, 7) is 0. The molecule has 5 unspecified atom stereocenters. The summed E-state index contributed by atoms with van der Waals surface area (Å²) in [5.74, 6) is 1.85. The molecule has 0 aromatic rings. The number of hydrogen-bond acceptors (Lipinski definition) is 2. The molecule has 0 aromatic carbocycles. The monoisotopic (exact) mass is 192 g/mol. The molecular weight excluding hydrogens is 172 g/mol. The third-order valence-corrected chi connectivity index (χ3v) is 5.85. The molecule has 2 aliphatic carbocycles. The predicted octanol–water partition coefficient (Wildman–Crippen LogP) is 1.25. The molecule has 0 amide bonds. The molecule has 3 N–H and O–H groups in total. The molecule has 2 saturated heterocycles. The standard InChI is InChI=1S/C12H20N2/c13-11-7-1-2-8(5-7)12(11)6-9-3-4-10(12)14-9/h7-11,14H,1-6,13H2/t7?,8?,9?,10?,11-,12?/m1/s1. The summed E-state index contributed by atoms with van der Waals surface area (Å²) in [6.07, 6.45) is 8.57. The minimum absolute atomic E-state index is 0.532. The average Bonchev–Trinajstić information content (AvgIpc) is 2.91. The zero-order chi connectivity index (χ0) is 9.34. The second kappa shape index (κ2) is 2.35. The SMILES string of the molecule is N[C@@H]1C2CCC(C2)C12CC1CCC2N1. The largest absolute Gasteiger partial charge is 0.327 e. The smallest absolute Gasteiger partial charge is 0.0145 e. The molecule has 78 valence electrons. The van der Waals surface area contributed by atoms with E-state index in [2.05, 4.69) is 5.32 Å². The lowest BCUT2D eigenvalue weighted by Gasteiger charge is -2.44. The Balaban J connectivity index is 1.76. The first-order valence-electron chi connectivity index (χ1n) is 6.32. The van der Waals surface area contributed by atoms with Crippen molar-refractivity contribution >= 4 is 0 Å². The van der Waals surface area contributed by atoms with Crippen LogP contribution in [0.2, 0.25) is 0 Å². The highest BCUT2D eigenvalue weighted by Crippen LogP contribution is 2.63. The zero-order valence-electron chi connectivity index (χ0n) is 8.71. The van der Waals surface area contributed by atoms with E-state index in [0.29, 0.717) is 11.5 Å². The van der Waals surface area contributed by atoms with Crippen LogP contribution in [0.4, 0.5) is 0 Å². The van der Waals surface area contributed by atoms with Crippen LogP contribution in [-0.2, 0) is 0 Å². The van der Waals surface area contributed by atoms with Crippen molar-refractivity contribution in [2.75, 3.05) is 0 Å². The third kappa shape index (κ3) is 0.704. The highest BCUT2D eigenvalue weighted by Gasteiger charge is 2.64. The van der Waals surface area contributed by atoms with Crippen molar-refractivity contribution in [3.63, 3.8) is 0 Å². The van der Waals surface area contributed by atoms with Gasteiger partial charge in [-0.1, -0.05) is 0 Å². The van der Waals surface area contributed by atoms with Crippen molar-refractivity contribution in [2.24, 2.45) is 23.0 Å². The van der Waals surface area contributed by atoms with Gasteiger partial charge in [-0.15, -0.1) is 0 Å². The van der Waals surface area contributed by atoms with Gasteiger partial charge in [-0.2, -0.15) is 0 Å². The highest BCUT2D eigenvalue weighted by atomic mass is 15.1. The quantitative estimate of drug-likeness (QED) is 0.606. The van der Waals surface area contributed by atoms with E-state index in [1.807, 2.05) is 0 Å². The van der Waals surface area contributed by atoms with Crippen LogP contribution < -0.4 is 11.1 Å². The topological polar surface area (TPSA) is 38.0 Å². The van der Waals surface area contributed by atoms with Gasteiger partial charge >= 0.3 is 0 Å². The fraction of sp³-hybridized carbons (Fsp3) is 1.00. The van der Waals surface area contributed by atoms with Gasteiger partial charge in [0.25, 0.3) is 0 Å². The van der Waals surface area contributed by atoms with Gasteiger partial charge in [0, 0.05) is 23.5 Å². The first-order valence-corrected chi connectivity index (χ1v) is 6.32. The summed E-state index contributed by atoms with van der Waals surface area (Å²) >= 11 is 0. The second-order valence-electron chi connectivity index (χ2n) is 6.11. The van der Waals surface area contributed by atoms with Crippen molar-refractivity contribution < 1.29 is 0 Å². The molecule has 6 atom stereocenters. The molecule has 4 bridgehead atoms. The molecule has 0 radical (unpaired) electrons. The first kappa shape index (κ1) is 8.12. The number of rotatable bonds is 0. The van der Waals surface area contributed by atoms with E-state index in [-0.39, 0.29) is 0 Å². The summed E-state index contributed by atoms with van der Waals surface area (Å²) in [7, 11) is 0. The number of nitrogens with one attached hydrogen (secondary N) is 1. The Hall–Kier alpha value is -0.0800. The van der Waals surface area contributed by atoms with Gasteiger partial charge in [-0.05, 0) is 50.4 Å². The van der Waals surface area contributed by atoms with Crippen LogP contribution in [0, 0.1) is 17.3 Å². The van der Waals surface area contributed by atoms with Crippen molar-refractivity contribution in [2.45, 2.75) is 56.7 Å². The van der Waals surface area contributed by atoms with Crippen molar-refractivity contribution in [1.82, 2.24) is 5.32 Å². The summed E-state index contributed by atoms with van der Waals surface area (Å²) in [5, 5.41) is 3.80. The van der Waals surface area contributed by atoms with E-state index in [1.54, 1.807) is 0 Å². The Kier molecular flexibility index (Phi) is 1.37. The lowest BCUT2D eigenvalue weighted by molar-refractivity contribution is 0.0950. The fourth-order valence-electron chi connectivity index (χ4n) is 5.33. The maximum atomic E-state index is 6.51. The van der Waals surface area contributed by atoms with Gasteiger partial charge in [-0.25, -0.2) is 0 Å². The zero-order valence-corrected chi connectivity index (χ0v) is 8.71. The van der Waals surface area contributed by atoms with E-state index in [0.717, 1.165) is 23.9 Å². The number of hydrogen-bond donors (Lipinski definition) is 2. The van der Waals surface area contributed by atoms with Crippen LogP contribution in [0.5, 0.6) is 0 Å². The third-order valence-electron chi connectivity index (χ3n) is 5.85. The summed E-state index contributed by atoms with van der Waals surface area (Å²) in [4.78, 5) is 0. The minimum atomic E-state index is 0.532. The molecule has 14 heavy (non-hydrogen) atoms. The Morgan fingerprint density at radius 1 is 1.14 bits per heavy atom. The lowest BCUT2D eigenvalue weighted by atomic mass is 9.62. The van der Waals surface area contributed by atoms with Crippen molar-refractivity contribution in [3.05, 3.63) is 0 Å². The summed E-state index contributed by atoms with van der Waals surface area (Å²) in [6, 6.07) is 2.15. The first-order chi connectivity index (χ1) is 6.80. The Morgan fingerprint density at radius 2 is 2.07 bits per heavy atom. The highest BCUT2D eigenvalue weighted by molar-refractivity contribution is 5.19. The molecule has 2 aliphatic heterocycles. The van der Waals surface area contributed by atoms with Gasteiger partial charge < -0.3 is 11.1 Å².